The quantitative estimate of drug-likeness (QED) is 0.178. The minimum atomic E-state index is -1.10. The molecule has 0 N–H and O–H groups in total. The van der Waals surface area contributed by atoms with Crippen LogP contribution in [0.3, 0.4) is 0 Å². The zero-order chi connectivity index (χ0) is 25.7. The van der Waals surface area contributed by atoms with Crippen LogP contribution in [0.4, 0.5) is 0 Å². The van der Waals surface area contributed by atoms with E-state index in [2.05, 4.69) is 0 Å². The van der Waals surface area contributed by atoms with Gasteiger partial charge in [-0.3, -0.25) is 19.2 Å². The Balaban J connectivity index is 3.34. The van der Waals surface area contributed by atoms with E-state index in [1.54, 1.807) is 27.7 Å². The summed E-state index contributed by atoms with van der Waals surface area (Å²) in [5, 5.41) is 0. The summed E-state index contributed by atoms with van der Waals surface area (Å²) in [6, 6.07) is 0. The molecule has 0 aromatic heterocycles. The lowest BCUT2D eigenvalue weighted by Gasteiger charge is -2.21. The van der Waals surface area contributed by atoms with Gasteiger partial charge < -0.3 is 18.9 Å². The Hall–Kier alpha value is -2.90. The van der Waals surface area contributed by atoms with Gasteiger partial charge >= 0.3 is 23.9 Å². The standard InChI is InChI=1S/C26H38O8/c1-7-31-23(27)21(24(28)32-8-2)15-19-12-11-17(5)18(6)13-20(14-19)16-22(25(29)33-9-3)26(30)34-10-4/h12,14,21-22H,7-11,13,15-16H2,1-6H3/b18-17-,19-12+,20-14+. The van der Waals surface area contributed by atoms with Crippen molar-refractivity contribution < 1.29 is 38.1 Å². The van der Waals surface area contributed by atoms with Crippen molar-refractivity contribution in [3.05, 3.63) is 34.4 Å². The van der Waals surface area contributed by atoms with Gasteiger partial charge in [0.25, 0.3) is 0 Å². The number of carbonyl (C=O) groups is 4. The molecule has 190 valence electrons. The SMILES string of the molecule is CCOC(=O)C(CC1=C/C/C(C)=C(/C)C/C(CC(C(=O)OCC)C(=O)OCC)=C\1)C(=O)OCC. The molecule has 8 nitrogen and oxygen atoms in total. The van der Waals surface area contributed by atoms with Crippen molar-refractivity contribution in [1.82, 2.24) is 0 Å². The third kappa shape index (κ3) is 9.15. The maximum atomic E-state index is 12.5. The normalized spacial score (nSPS) is 19.3. The van der Waals surface area contributed by atoms with E-state index in [0.717, 1.165) is 22.3 Å². The summed E-state index contributed by atoms with van der Waals surface area (Å²) in [7, 11) is 0. The minimum absolute atomic E-state index is 0.0942. The molecule has 1 rings (SSSR count). The lowest BCUT2D eigenvalue weighted by atomic mass is 9.87. The summed E-state index contributed by atoms with van der Waals surface area (Å²) in [4.78, 5) is 50.0. The van der Waals surface area contributed by atoms with Crippen molar-refractivity contribution in [3.8, 4) is 0 Å². The first kappa shape index (κ1) is 29.1. The molecule has 0 amide bonds. The zero-order valence-electron chi connectivity index (χ0n) is 21.2. The average molecular weight is 479 g/mol. The molecule has 0 spiro atoms. The number of carbonyl (C=O) groups excluding carboxylic acids is 4. The fraction of sp³-hybridized carbons (Fsp3) is 0.615. The summed E-state index contributed by atoms with van der Waals surface area (Å²) in [6.45, 7) is 11.3. The van der Waals surface area contributed by atoms with Gasteiger partial charge in [-0.2, -0.15) is 0 Å². The molecule has 0 atom stereocenters. The highest BCUT2D eigenvalue weighted by Crippen LogP contribution is 2.30. The van der Waals surface area contributed by atoms with E-state index in [1.165, 1.54) is 0 Å². The van der Waals surface area contributed by atoms with Gasteiger partial charge in [0.1, 0.15) is 0 Å². The molecular formula is C26H38O8. The Bertz CT molecular complexity index is 798. The Morgan fingerprint density at radius 3 is 1.53 bits per heavy atom. The fourth-order valence-corrected chi connectivity index (χ4v) is 3.59. The molecule has 0 aromatic carbocycles. The Labute approximate surface area is 202 Å². The van der Waals surface area contributed by atoms with Crippen LogP contribution in [-0.2, 0) is 38.1 Å². The van der Waals surface area contributed by atoms with E-state index >= 15 is 0 Å². The highest BCUT2D eigenvalue weighted by Gasteiger charge is 2.32. The number of hydrogen-bond donors (Lipinski definition) is 0. The molecule has 1 aliphatic carbocycles. The first-order chi connectivity index (χ1) is 16.2. The third-order valence-electron chi connectivity index (χ3n) is 5.47. The molecule has 1 aliphatic rings. The number of allylic oxidation sites excluding steroid dienone is 6. The van der Waals surface area contributed by atoms with Crippen molar-refractivity contribution >= 4 is 23.9 Å². The smallest absolute Gasteiger partial charge is 0.320 e. The first-order valence-corrected chi connectivity index (χ1v) is 11.9. The van der Waals surface area contributed by atoms with Gasteiger partial charge in [0.15, 0.2) is 11.8 Å². The van der Waals surface area contributed by atoms with Crippen molar-refractivity contribution in [3.63, 3.8) is 0 Å². The van der Waals surface area contributed by atoms with Crippen LogP contribution in [0.5, 0.6) is 0 Å². The van der Waals surface area contributed by atoms with Gasteiger partial charge in [0.05, 0.1) is 26.4 Å². The molecule has 8 heteroatoms. The summed E-state index contributed by atoms with van der Waals surface area (Å²) in [5.41, 5.74) is 3.80. The van der Waals surface area contributed by atoms with E-state index in [1.807, 2.05) is 26.0 Å². The summed E-state index contributed by atoms with van der Waals surface area (Å²) < 4.78 is 20.4. The fourth-order valence-electron chi connectivity index (χ4n) is 3.59. The summed E-state index contributed by atoms with van der Waals surface area (Å²) in [5.74, 6) is -4.74. The van der Waals surface area contributed by atoms with E-state index in [9.17, 15) is 19.2 Å². The average Bonchev–Trinajstić information content (AvgIpc) is 2.78. The van der Waals surface area contributed by atoms with Crippen LogP contribution in [0.15, 0.2) is 34.4 Å². The van der Waals surface area contributed by atoms with Crippen LogP contribution in [0.1, 0.15) is 67.2 Å². The molecule has 0 saturated carbocycles. The molecule has 0 saturated heterocycles. The van der Waals surface area contributed by atoms with Crippen LogP contribution in [0.25, 0.3) is 0 Å². The van der Waals surface area contributed by atoms with Crippen LogP contribution in [0, 0.1) is 11.8 Å². The first-order valence-electron chi connectivity index (χ1n) is 11.9. The molecule has 0 aromatic rings. The lowest BCUT2D eigenvalue weighted by molar-refractivity contribution is -0.163. The predicted octanol–water partition coefficient (Wildman–Crippen LogP) is 4.23. The second-order valence-corrected chi connectivity index (χ2v) is 8.04. The van der Waals surface area contributed by atoms with E-state index < -0.39 is 35.7 Å². The Morgan fingerprint density at radius 2 is 1.12 bits per heavy atom. The van der Waals surface area contributed by atoms with Crippen molar-refractivity contribution in [1.29, 1.82) is 0 Å². The van der Waals surface area contributed by atoms with Crippen molar-refractivity contribution in [2.75, 3.05) is 26.4 Å². The number of rotatable bonds is 12. The molecule has 34 heavy (non-hydrogen) atoms. The highest BCUT2D eigenvalue weighted by molar-refractivity contribution is 5.96. The monoisotopic (exact) mass is 478 g/mol. The second kappa shape index (κ2) is 15.1. The van der Waals surface area contributed by atoms with E-state index in [4.69, 9.17) is 18.9 Å². The van der Waals surface area contributed by atoms with Crippen LogP contribution in [-0.4, -0.2) is 50.3 Å². The van der Waals surface area contributed by atoms with Gasteiger partial charge in [-0.1, -0.05) is 34.4 Å². The summed E-state index contributed by atoms with van der Waals surface area (Å²) >= 11 is 0. The number of ether oxygens (including phenoxy) is 4. The van der Waals surface area contributed by atoms with Gasteiger partial charge in [0.2, 0.25) is 0 Å². The van der Waals surface area contributed by atoms with Gasteiger partial charge in [-0.15, -0.1) is 0 Å². The predicted molar refractivity (Wildman–Crippen MR) is 127 cm³/mol. The zero-order valence-corrected chi connectivity index (χ0v) is 21.2. The number of esters is 4. The Kier molecular flexibility index (Phi) is 12.9. The largest absolute Gasteiger partial charge is 0.465 e. The van der Waals surface area contributed by atoms with Gasteiger partial charge in [-0.25, -0.2) is 0 Å². The van der Waals surface area contributed by atoms with Gasteiger partial charge in [0, 0.05) is 0 Å². The topological polar surface area (TPSA) is 105 Å². The lowest BCUT2D eigenvalue weighted by Crippen LogP contribution is -2.29. The van der Waals surface area contributed by atoms with Crippen LogP contribution < -0.4 is 0 Å². The molecule has 0 aliphatic heterocycles. The van der Waals surface area contributed by atoms with Crippen molar-refractivity contribution in [2.24, 2.45) is 11.8 Å². The van der Waals surface area contributed by atoms with Crippen LogP contribution in [0.2, 0.25) is 0 Å². The summed E-state index contributed by atoms with van der Waals surface area (Å²) in [6.07, 6.45) is 5.21. The van der Waals surface area contributed by atoms with Crippen molar-refractivity contribution in [2.45, 2.75) is 67.2 Å². The van der Waals surface area contributed by atoms with Crippen LogP contribution >= 0.6 is 0 Å². The Morgan fingerprint density at radius 1 is 0.706 bits per heavy atom. The molecule has 0 heterocycles. The molecule has 0 fully saturated rings. The second-order valence-electron chi connectivity index (χ2n) is 8.04. The molecule has 0 bridgehead atoms. The van der Waals surface area contributed by atoms with E-state index in [-0.39, 0.29) is 39.3 Å². The molecular weight excluding hydrogens is 440 g/mol. The maximum Gasteiger partial charge on any atom is 0.320 e. The maximum absolute atomic E-state index is 12.5. The van der Waals surface area contributed by atoms with E-state index in [0.29, 0.717) is 12.8 Å². The number of hydrogen-bond acceptors (Lipinski definition) is 8. The molecule has 0 unspecified atom stereocenters. The minimum Gasteiger partial charge on any atom is -0.465 e. The molecule has 0 radical (unpaired) electrons. The highest BCUT2D eigenvalue weighted by atomic mass is 16.6. The third-order valence-corrected chi connectivity index (χ3v) is 5.47. The van der Waals surface area contributed by atoms with Gasteiger partial charge in [-0.05, 0) is 67.2 Å².